The average Bonchev–Trinajstić information content (AvgIpc) is 3.74. The van der Waals surface area contributed by atoms with Crippen molar-refractivity contribution >= 4 is 54.3 Å². The highest BCUT2D eigenvalue weighted by Crippen LogP contribution is 2.42. The second-order valence-electron chi connectivity index (χ2n) is 16.0. The molecule has 12 aromatic rings. The van der Waals surface area contributed by atoms with E-state index in [-0.39, 0.29) is 0 Å². The molecule has 0 aliphatic carbocycles. The van der Waals surface area contributed by atoms with Gasteiger partial charge >= 0.3 is 0 Å². The Bertz CT molecular complexity index is 3580. The van der Waals surface area contributed by atoms with Crippen LogP contribution in [-0.2, 0) is 0 Å². The smallest absolute Gasteiger partial charge is 0.143 e. The maximum Gasteiger partial charge on any atom is 0.143 e. The van der Waals surface area contributed by atoms with Crippen LogP contribution < -0.4 is 0 Å². The molecule has 0 atom stereocenters. The number of para-hydroxylation sites is 2. The number of hydrogen-bond acceptors (Lipinski definition) is 1. The van der Waals surface area contributed by atoms with Crippen molar-refractivity contribution in [3.8, 4) is 66.8 Å². The van der Waals surface area contributed by atoms with Crippen molar-refractivity contribution in [2.45, 2.75) is 0 Å². The molecule has 0 aliphatic heterocycles. The number of benzene rings is 11. The van der Waals surface area contributed by atoms with Crippen molar-refractivity contribution in [1.29, 1.82) is 0 Å². The molecule has 0 amide bonds. The Labute approximate surface area is 354 Å². The molecular formula is C60H38O. The quantitative estimate of drug-likeness (QED) is 0.153. The second-order valence-corrected chi connectivity index (χ2v) is 16.0. The van der Waals surface area contributed by atoms with Crippen molar-refractivity contribution in [3.05, 3.63) is 231 Å². The summed E-state index contributed by atoms with van der Waals surface area (Å²) in [6, 6.07) is 83.5. The van der Waals surface area contributed by atoms with E-state index >= 15 is 0 Å². The average molecular weight is 775 g/mol. The fraction of sp³-hybridized carbons (Fsp3) is 0. The van der Waals surface area contributed by atoms with Gasteiger partial charge < -0.3 is 4.42 Å². The van der Waals surface area contributed by atoms with Crippen molar-refractivity contribution in [3.63, 3.8) is 0 Å². The Hall–Kier alpha value is -8.00. The van der Waals surface area contributed by atoms with Gasteiger partial charge in [-0.2, -0.15) is 0 Å². The first-order valence-electron chi connectivity index (χ1n) is 21.0. The molecule has 1 heteroatoms. The van der Waals surface area contributed by atoms with Gasteiger partial charge in [-0.1, -0.05) is 212 Å². The van der Waals surface area contributed by atoms with Gasteiger partial charge in [-0.15, -0.1) is 0 Å². The van der Waals surface area contributed by atoms with E-state index in [1.165, 1.54) is 76.8 Å². The van der Waals surface area contributed by atoms with Crippen LogP contribution in [0.4, 0.5) is 0 Å². The zero-order valence-electron chi connectivity index (χ0n) is 33.3. The molecular weight excluding hydrogens is 737 g/mol. The van der Waals surface area contributed by atoms with E-state index < -0.39 is 0 Å². The molecule has 0 spiro atoms. The van der Waals surface area contributed by atoms with Crippen molar-refractivity contribution in [2.24, 2.45) is 0 Å². The fourth-order valence-corrected chi connectivity index (χ4v) is 9.43. The fourth-order valence-electron chi connectivity index (χ4n) is 9.43. The van der Waals surface area contributed by atoms with Gasteiger partial charge in [0.15, 0.2) is 0 Å². The maximum absolute atomic E-state index is 6.89. The third-order valence-electron chi connectivity index (χ3n) is 12.5. The van der Waals surface area contributed by atoms with E-state index in [1.807, 2.05) is 0 Å². The Morgan fingerprint density at radius 1 is 0.180 bits per heavy atom. The largest absolute Gasteiger partial charge is 0.455 e. The van der Waals surface area contributed by atoms with Crippen LogP contribution in [0.25, 0.3) is 121 Å². The second kappa shape index (κ2) is 14.4. The zero-order chi connectivity index (χ0) is 40.3. The number of rotatable bonds is 6. The van der Waals surface area contributed by atoms with Gasteiger partial charge in [0.1, 0.15) is 11.2 Å². The van der Waals surface area contributed by atoms with E-state index in [9.17, 15) is 0 Å². The predicted octanol–water partition coefficient (Wildman–Crippen LogP) is 17.0. The molecule has 12 rings (SSSR count). The highest BCUT2D eigenvalue weighted by Gasteiger charge is 2.17. The topological polar surface area (TPSA) is 13.1 Å². The molecule has 284 valence electrons. The lowest BCUT2D eigenvalue weighted by Gasteiger charge is -2.12. The van der Waals surface area contributed by atoms with Crippen LogP contribution in [0.15, 0.2) is 235 Å². The third kappa shape index (κ3) is 6.02. The predicted molar refractivity (Wildman–Crippen MR) is 259 cm³/mol. The minimum absolute atomic E-state index is 0.906. The minimum atomic E-state index is 0.906. The lowest BCUT2D eigenvalue weighted by molar-refractivity contribution is 0.671. The summed E-state index contributed by atoms with van der Waals surface area (Å²) in [6.45, 7) is 0. The molecule has 1 heterocycles. The zero-order valence-corrected chi connectivity index (χ0v) is 33.3. The molecule has 61 heavy (non-hydrogen) atoms. The minimum Gasteiger partial charge on any atom is -0.455 e. The summed E-state index contributed by atoms with van der Waals surface area (Å²) < 4.78 is 6.89. The van der Waals surface area contributed by atoms with E-state index in [1.54, 1.807) is 0 Å². The van der Waals surface area contributed by atoms with Gasteiger partial charge in [0.25, 0.3) is 0 Å². The Morgan fingerprint density at radius 2 is 0.508 bits per heavy atom. The normalized spacial score (nSPS) is 11.6. The summed E-state index contributed by atoms with van der Waals surface area (Å²) in [4.78, 5) is 0. The van der Waals surface area contributed by atoms with Gasteiger partial charge in [-0.3, -0.25) is 0 Å². The van der Waals surface area contributed by atoms with Gasteiger partial charge in [-0.25, -0.2) is 0 Å². The first-order valence-corrected chi connectivity index (χ1v) is 21.0. The van der Waals surface area contributed by atoms with Crippen LogP contribution in [-0.4, -0.2) is 0 Å². The Kier molecular flexibility index (Phi) is 8.25. The molecule has 1 nitrogen and oxygen atoms in total. The van der Waals surface area contributed by atoms with E-state index in [4.69, 9.17) is 4.42 Å². The molecule has 0 unspecified atom stereocenters. The van der Waals surface area contributed by atoms with E-state index in [0.717, 1.165) is 44.2 Å². The first-order chi connectivity index (χ1) is 30.2. The summed E-state index contributed by atoms with van der Waals surface area (Å²) in [5.74, 6) is 0. The number of hydrogen-bond donors (Lipinski definition) is 0. The van der Waals surface area contributed by atoms with Gasteiger partial charge in [0.2, 0.25) is 0 Å². The molecule has 11 aromatic carbocycles. The lowest BCUT2D eigenvalue weighted by Crippen LogP contribution is -1.86. The monoisotopic (exact) mass is 774 g/mol. The van der Waals surface area contributed by atoms with Gasteiger partial charge in [0.05, 0.1) is 0 Å². The molecule has 0 bridgehead atoms. The summed E-state index contributed by atoms with van der Waals surface area (Å²) in [5.41, 5.74) is 15.8. The molecule has 0 radical (unpaired) electrons. The highest BCUT2D eigenvalue weighted by atomic mass is 16.3. The van der Waals surface area contributed by atoms with Gasteiger partial charge in [0, 0.05) is 21.9 Å². The summed E-state index contributed by atoms with van der Waals surface area (Å²) in [5, 5.41) is 9.99. The SMILES string of the molecule is c1ccc(-c2ccc(-c3cccc(-c4cccc5c4oc4c(-c6ccc(-c7cccc(-c8ccc9c%10ccccc%10c%10ccccc%10c9c8)c7)cc6)cccc45)c3)cc2)cc1. The van der Waals surface area contributed by atoms with Crippen LogP contribution in [0.3, 0.4) is 0 Å². The van der Waals surface area contributed by atoms with Crippen LogP contribution >= 0.6 is 0 Å². The van der Waals surface area contributed by atoms with Crippen LogP contribution in [0, 0.1) is 0 Å². The molecule has 0 N–H and O–H groups in total. The Balaban J connectivity index is 0.869. The molecule has 0 fully saturated rings. The lowest BCUT2D eigenvalue weighted by atomic mass is 9.91. The maximum atomic E-state index is 6.89. The van der Waals surface area contributed by atoms with Crippen LogP contribution in [0.1, 0.15) is 0 Å². The highest BCUT2D eigenvalue weighted by molar-refractivity contribution is 6.25. The van der Waals surface area contributed by atoms with Crippen molar-refractivity contribution in [1.82, 2.24) is 0 Å². The van der Waals surface area contributed by atoms with Crippen LogP contribution in [0.2, 0.25) is 0 Å². The van der Waals surface area contributed by atoms with Crippen molar-refractivity contribution < 1.29 is 4.42 Å². The van der Waals surface area contributed by atoms with Gasteiger partial charge in [-0.05, 0) is 106 Å². The standard InChI is InChI=1S/C60H38O/c1-2-12-39(13-3-1)40-26-28-41(29-27-40)45-15-9-17-48(37-45)50-23-11-25-57-56-24-10-22-49(59(56)61-60(50)57)43-32-30-42(31-33-43)44-14-8-16-46(36-44)47-34-35-55-53-20-5-4-18-51(53)52-19-6-7-21-54(52)58(55)38-47/h1-38H. The van der Waals surface area contributed by atoms with E-state index in [2.05, 4.69) is 231 Å². The molecule has 0 aliphatic rings. The summed E-state index contributed by atoms with van der Waals surface area (Å²) >= 11 is 0. The van der Waals surface area contributed by atoms with E-state index in [0.29, 0.717) is 0 Å². The summed E-state index contributed by atoms with van der Waals surface area (Å²) in [7, 11) is 0. The van der Waals surface area contributed by atoms with Crippen LogP contribution in [0.5, 0.6) is 0 Å². The molecule has 0 saturated carbocycles. The third-order valence-corrected chi connectivity index (χ3v) is 12.5. The Morgan fingerprint density at radius 3 is 1.08 bits per heavy atom. The molecule has 0 saturated heterocycles. The first kappa shape index (κ1) is 35.0. The van der Waals surface area contributed by atoms with Crippen molar-refractivity contribution in [2.75, 3.05) is 0 Å². The number of furan rings is 1. The molecule has 1 aromatic heterocycles. The number of fused-ring (bicyclic) bond motifs is 9. The summed E-state index contributed by atoms with van der Waals surface area (Å²) in [6.07, 6.45) is 0.